The Morgan fingerprint density at radius 1 is 1.02 bits per heavy atom. The minimum Gasteiger partial charge on any atom is -0.497 e. The molecule has 2 bridgehead atoms. The third kappa shape index (κ3) is 4.55. The summed E-state index contributed by atoms with van der Waals surface area (Å²) >= 11 is 0. The molecule has 0 radical (unpaired) electrons. The summed E-state index contributed by atoms with van der Waals surface area (Å²) in [6.45, 7) is 0.306. The van der Waals surface area contributed by atoms with Crippen LogP contribution in [0.5, 0.6) is 5.75 Å². The number of rotatable bonds is 5. The molecule has 6 rings (SSSR count). The van der Waals surface area contributed by atoms with Crippen LogP contribution >= 0.6 is 0 Å². The highest BCUT2D eigenvalue weighted by Crippen LogP contribution is 2.38. The number of likely N-dealkylation sites (tertiary alicyclic amines) is 2. The first kappa shape index (κ1) is 27.0. The number of amides is 1. The highest BCUT2D eigenvalue weighted by Gasteiger charge is 2.47. The minimum atomic E-state index is -5.16. The molecular weight excluding hydrogens is 559 g/mol. The first-order chi connectivity index (χ1) is 19.5. The van der Waals surface area contributed by atoms with E-state index in [9.17, 15) is 31.1 Å². The van der Waals surface area contributed by atoms with Crippen molar-refractivity contribution in [1.29, 1.82) is 0 Å². The van der Waals surface area contributed by atoms with Crippen LogP contribution in [0.1, 0.15) is 28.0 Å². The lowest BCUT2D eigenvalue weighted by atomic mass is 10.1. The predicted molar refractivity (Wildman–Crippen MR) is 130 cm³/mol. The van der Waals surface area contributed by atoms with E-state index >= 15 is 4.39 Å². The zero-order chi connectivity index (χ0) is 29.2. The predicted octanol–water partition coefficient (Wildman–Crippen LogP) is 5.08. The molecule has 0 saturated carbocycles. The lowest BCUT2D eigenvalue weighted by molar-refractivity contribution is -0.145. The third-order valence-electron chi connectivity index (χ3n) is 7.51. The van der Waals surface area contributed by atoms with Crippen molar-refractivity contribution in [3.05, 3.63) is 82.7 Å². The molecule has 0 aliphatic carbocycles. The zero-order valence-corrected chi connectivity index (χ0v) is 21.2. The van der Waals surface area contributed by atoms with Gasteiger partial charge in [0.25, 0.3) is 5.91 Å². The quantitative estimate of drug-likeness (QED) is 0.244. The van der Waals surface area contributed by atoms with Crippen LogP contribution in [0.2, 0.25) is 0 Å². The van der Waals surface area contributed by atoms with E-state index in [0.29, 0.717) is 18.2 Å². The Bertz CT molecular complexity index is 1670. The number of halogens is 7. The molecule has 2 aromatic heterocycles. The molecule has 14 heteroatoms. The lowest BCUT2D eigenvalue weighted by Gasteiger charge is -2.34. The maximum Gasteiger partial charge on any atom is 0.436 e. The molecule has 2 saturated heterocycles. The van der Waals surface area contributed by atoms with Crippen molar-refractivity contribution in [3.8, 4) is 17.0 Å². The SMILES string of the molecule is COc1ccc(-c2nc3c(C(=O)N4CC5CC4CN5Cc4cc(F)cc(F)c4F)cnn3c(C(F)(F)F)c2F)cc1. The number of carbonyl (C=O) groups excluding carboxylic acids is 1. The van der Waals surface area contributed by atoms with Gasteiger partial charge in [-0.2, -0.15) is 18.3 Å². The Hall–Kier alpha value is -4.20. The molecule has 2 aliphatic rings. The zero-order valence-electron chi connectivity index (χ0n) is 21.2. The molecule has 4 aromatic rings. The standard InChI is InChI=1S/C27H20F7N5O2/c1-41-18-4-2-13(3-5-18)23-22(31)24(27(32,33)34)39-25(36-23)19(9-35-39)26(40)38-12-16-8-17(38)11-37(16)10-14-6-15(28)7-20(29)21(14)30/h2-7,9,16-17H,8,10-12H2,1H3. The molecule has 1 amide bonds. The van der Waals surface area contributed by atoms with Crippen LogP contribution in [-0.4, -0.2) is 62.6 Å². The lowest BCUT2D eigenvalue weighted by Crippen LogP contribution is -2.48. The van der Waals surface area contributed by atoms with Gasteiger partial charge in [-0.15, -0.1) is 0 Å². The Kier molecular flexibility index (Phi) is 6.40. The third-order valence-corrected chi connectivity index (χ3v) is 7.51. The molecule has 2 aromatic carbocycles. The second-order valence-electron chi connectivity index (χ2n) is 9.93. The van der Waals surface area contributed by atoms with Crippen LogP contribution in [0, 0.1) is 23.3 Å². The normalized spacial score (nSPS) is 19.0. The largest absolute Gasteiger partial charge is 0.497 e. The molecule has 214 valence electrons. The smallest absolute Gasteiger partial charge is 0.436 e. The van der Waals surface area contributed by atoms with Gasteiger partial charge in [0.1, 0.15) is 22.8 Å². The molecule has 2 unspecified atom stereocenters. The molecule has 7 nitrogen and oxygen atoms in total. The summed E-state index contributed by atoms with van der Waals surface area (Å²) < 4.78 is 104. The van der Waals surface area contributed by atoms with E-state index < -0.39 is 58.4 Å². The summed E-state index contributed by atoms with van der Waals surface area (Å²) in [5, 5.41) is 3.66. The molecule has 0 spiro atoms. The van der Waals surface area contributed by atoms with Crippen LogP contribution in [0.4, 0.5) is 30.7 Å². The number of methoxy groups -OCH3 is 1. The van der Waals surface area contributed by atoms with E-state index in [-0.39, 0.29) is 46.9 Å². The average molecular weight is 579 g/mol. The Labute approximate surface area is 227 Å². The van der Waals surface area contributed by atoms with E-state index in [4.69, 9.17) is 4.74 Å². The van der Waals surface area contributed by atoms with E-state index in [2.05, 4.69) is 10.1 Å². The van der Waals surface area contributed by atoms with Gasteiger partial charge in [0, 0.05) is 48.9 Å². The van der Waals surface area contributed by atoms with Gasteiger partial charge < -0.3 is 9.64 Å². The summed E-state index contributed by atoms with van der Waals surface area (Å²) in [6.07, 6.45) is -3.76. The molecule has 41 heavy (non-hydrogen) atoms. The van der Waals surface area contributed by atoms with E-state index in [1.54, 1.807) is 4.90 Å². The average Bonchev–Trinajstić information content (AvgIpc) is 3.64. The fourth-order valence-electron chi connectivity index (χ4n) is 5.60. The number of piperazine rings is 1. The minimum absolute atomic E-state index is 0.0350. The van der Waals surface area contributed by atoms with Crippen LogP contribution in [0.3, 0.4) is 0 Å². The van der Waals surface area contributed by atoms with Crippen molar-refractivity contribution >= 4 is 11.6 Å². The molecule has 0 N–H and O–H groups in total. The number of alkyl halides is 3. The number of aromatic nitrogens is 3. The number of benzene rings is 2. The van der Waals surface area contributed by atoms with E-state index in [1.165, 1.54) is 36.3 Å². The highest BCUT2D eigenvalue weighted by molar-refractivity contribution is 6.00. The van der Waals surface area contributed by atoms with Crippen LogP contribution in [-0.2, 0) is 12.7 Å². The number of nitrogens with zero attached hydrogens (tertiary/aromatic N) is 5. The molecule has 4 heterocycles. The van der Waals surface area contributed by atoms with Crippen molar-refractivity contribution in [1.82, 2.24) is 24.4 Å². The number of hydrogen-bond acceptors (Lipinski definition) is 5. The van der Waals surface area contributed by atoms with Crippen LogP contribution < -0.4 is 4.74 Å². The summed E-state index contributed by atoms with van der Waals surface area (Å²) in [5.41, 5.74) is -3.15. The van der Waals surface area contributed by atoms with Gasteiger partial charge in [-0.25, -0.2) is 27.1 Å². The molecular formula is C27H20F7N5O2. The fourth-order valence-corrected chi connectivity index (χ4v) is 5.60. The van der Waals surface area contributed by atoms with Gasteiger partial charge in [-0.3, -0.25) is 9.69 Å². The summed E-state index contributed by atoms with van der Waals surface area (Å²) in [6, 6.07) is 6.27. The number of fused-ring (bicyclic) bond motifs is 3. The van der Waals surface area contributed by atoms with Gasteiger partial charge in [-0.05, 0) is 36.8 Å². The molecule has 2 fully saturated rings. The second kappa shape index (κ2) is 9.72. The van der Waals surface area contributed by atoms with Crippen molar-refractivity contribution in [2.75, 3.05) is 20.2 Å². The Morgan fingerprint density at radius 2 is 1.76 bits per heavy atom. The van der Waals surface area contributed by atoms with Gasteiger partial charge in [0.05, 0.1) is 13.3 Å². The van der Waals surface area contributed by atoms with Crippen molar-refractivity contribution in [3.63, 3.8) is 0 Å². The first-order valence-corrected chi connectivity index (χ1v) is 12.4. The number of carbonyl (C=O) groups is 1. The van der Waals surface area contributed by atoms with Gasteiger partial charge >= 0.3 is 6.18 Å². The van der Waals surface area contributed by atoms with Crippen molar-refractivity contribution in [2.24, 2.45) is 0 Å². The second-order valence-corrected chi connectivity index (χ2v) is 9.93. The van der Waals surface area contributed by atoms with E-state index in [0.717, 1.165) is 12.3 Å². The topological polar surface area (TPSA) is 63.0 Å². The van der Waals surface area contributed by atoms with Crippen molar-refractivity contribution in [2.45, 2.75) is 31.2 Å². The van der Waals surface area contributed by atoms with Crippen molar-refractivity contribution < 1.29 is 40.3 Å². The van der Waals surface area contributed by atoms with Crippen LogP contribution in [0.25, 0.3) is 16.9 Å². The fraction of sp³-hybridized carbons (Fsp3) is 0.296. The maximum absolute atomic E-state index is 15.3. The number of ether oxygens (including phenoxy) is 1. The molecule has 2 aliphatic heterocycles. The van der Waals surface area contributed by atoms with Gasteiger partial charge in [-0.1, -0.05) is 0 Å². The summed E-state index contributed by atoms with van der Waals surface area (Å²) in [4.78, 5) is 20.9. The number of hydrogen-bond donors (Lipinski definition) is 0. The van der Waals surface area contributed by atoms with Gasteiger partial charge in [0.15, 0.2) is 28.8 Å². The molecule has 2 atom stereocenters. The van der Waals surface area contributed by atoms with Gasteiger partial charge in [0.2, 0.25) is 0 Å². The first-order valence-electron chi connectivity index (χ1n) is 12.4. The maximum atomic E-state index is 15.3. The summed E-state index contributed by atoms with van der Waals surface area (Å²) in [7, 11) is 1.40. The summed E-state index contributed by atoms with van der Waals surface area (Å²) in [5.74, 6) is -5.26. The monoisotopic (exact) mass is 579 g/mol. The Morgan fingerprint density at radius 3 is 2.39 bits per heavy atom. The highest BCUT2D eigenvalue weighted by atomic mass is 19.4. The van der Waals surface area contributed by atoms with Crippen LogP contribution in [0.15, 0.2) is 42.6 Å². The van der Waals surface area contributed by atoms with E-state index in [1.807, 2.05) is 0 Å². The Balaban J connectivity index is 1.32.